The molecule has 2 heterocycles. The molecule has 0 saturated carbocycles. The zero-order chi connectivity index (χ0) is 22.7. The second-order valence-electron chi connectivity index (χ2n) is 7.39. The number of fused-ring (bicyclic) bond motifs is 1. The summed E-state index contributed by atoms with van der Waals surface area (Å²) in [5, 5.41) is 0.760. The number of sulfonamides is 1. The fourth-order valence-corrected chi connectivity index (χ4v) is 4.92. The standard InChI is InChI=1S/C26H21N3O2S/c1-18(2)23-14-16-27-17-22(23)13-12-20-7-4-5-9-24(20)29-32(30,31)26-19(3)10-11-21-8-6-15-28-25(21)26/h4-11,14-17,29H,1H2,2-3H3. The van der Waals surface area contributed by atoms with Gasteiger partial charge in [-0.05, 0) is 54.8 Å². The number of pyridine rings is 2. The Morgan fingerprint density at radius 1 is 0.969 bits per heavy atom. The summed E-state index contributed by atoms with van der Waals surface area (Å²) in [4.78, 5) is 8.61. The molecule has 2 aromatic carbocycles. The molecule has 0 radical (unpaired) electrons. The second-order valence-corrected chi connectivity index (χ2v) is 9.01. The van der Waals surface area contributed by atoms with Crippen molar-refractivity contribution in [2.24, 2.45) is 0 Å². The average molecular weight is 440 g/mol. The van der Waals surface area contributed by atoms with E-state index in [1.165, 1.54) is 0 Å². The van der Waals surface area contributed by atoms with Crippen LogP contribution in [0.5, 0.6) is 0 Å². The normalized spacial score (nSPS) is 10.9. The van der Waals surface area contributed by atoms with Crippen LogP contribution in [0.25, 0.3) is 16.5 Å². The predicted molar refractivity (Wildman–Crippen MR) is 129 cm³/mol. The molecule has 0 fully saturated rings. The Morgan fingerprint density at radius 2 is 1.75 bits per heavy atom. The van der Waals surface area contributed by atoms with Crippen molar-refractivity contribution in [2.45, 2.75) is 18.7 Å². The van der Waals surface area contributed by atoms with Crippen LogP contribution in [0.15, 0.2) is 84.7 Å². The van der Waals surface area contributed by atoms with Crippen LogP contribution < -0.4 is 4.72 Å². The van der Waals surface area contributed by atoms with Gasteiger partial charge in [-0.3, -0.25) is 14.7 Å². The maximum absolute atomic E-state index is 13.4. The number of hydrogen-bond acceptors (Lipinski definition) is 4. The van der Waals surface area contributed by atoms with Crippen molar-refractivity contribution < 1.29 is 8.42 Å². The molecule has 0 spiro atoms. The van der Waals surface area contributed by atoms with Crippen LogP contribution in [0, 0.1) is 18.8 Å². The second kappa shape index (κ2) is 8.66. The Hall–Kier alpha value is -3.95. The van der Waals surface area contributed by atoms with E-state index in [-0.39, 0.29) is 4.90 Å². The summed E-state index contributed by atoms with van der Waals surface area (Å²) in [6.07, 6.45) is 4.96. The van der Waals surface area contributed by atoms with Gasteiger partial charge in [-0.25, -0.2) is 8.42 Å². The highest BCUT2D eigenvalue weighted by Crippen LogP contribution is 2.27. The van der Waals surface area contributed by atoms with Crippen molar-refractivity contribution in [1.29, 1.82) is 0 Å². The van der Waals surface area contributed by atoms with E-state index in [0.717, 1.165) is 22.1 Å². The Kier molecular flexibility index (Phi) is 5.76. The molecule has 6 heteroatoms. The summed E-state index contributed by atoms with van der Waals surface area (Å²) in [5.74, 6) is 6.17. The molecular formula is C26H21N3O2S. The van der Waals surface area contributed by atoms with Gasteiger partial charge < -0.3 is 0 Å². The van der Waals surface area contributed by atoms with Crippen LogP contribution in [0.2, 0.25) is 0 Å². The first-order valence-electron chi connectivity index (χ1n) is 9.95. The minimum atomic E-state index is -3.90. The molecule has 4 aromatic rings. The maximum atomic E-state index is 13.4. The van der Waals surface area contributed by atoms with Gasteiger partial charge in [-0.1, -0.05) is 48.8 Å². The van der Waals surface area contributed by atoms with Crippen LogP contribution in [-0.4, -0.2) is 18.4 Å². The number of allylic oxidation sites excluding steroid dienone is 1. The number of rotatable bonds is 4. The molecule has 5 nitrogen and oxygen atoms in total. The van der Waals surface area contributed by atoms with Gasteiger partial charge in [0, 0.05) is 29.5 Å². The summed E-state index contributed by atoms with van der Waals surface area (Å²) in [5.41, 5.74) is 4.52. The molecule has 1 N–H and O–H groups in total. The Morgan fingerprint density at radius 3 is 2.56 bits per heavy atom. The van der Waals surface area contributed by atoms with Gasteiger partial charge in [0.05, 0.1) is 16.8 Å². The van der Waals surface area contributed by atoms with Crippen molar-refractivity contribution in [3.63, 3.8) is 0 Å². The molecule has 0 aliphatic heterocycles. The Bertz CT molecular complexity index is 1510. The molecule has 0 amide bonds. The third-order valence-electron chi connectivity index (χ3n) is 4.98. The van der Waals surface area contributed by atoms with Gasteiger partial charge in [0.15, 0.2) is 0 Å². The molecule has 0 saturated heterocycles. The van der Waals surface area contributed by atoms with Crippen molar-refractivity contribution in [2.75, 3.05) is 4.72 Å². The zero-order valence-corrected chi connectivity index (χ0v) is 18.6. The monoisotopic (exact) mass is 439 g/mol. The van der Waals surface area contributed by atoms with E-state index >= 15 is 0 Å². The van der Waals surface area contributed by atoms with Crippen LogP contribution in [0.3, 0.4) is 0 Å². The number of para-hydroxylation sites is 1. The number of hydrogen-bond donors (Lipinski definition) is 1. The lowest BCUT2D eigenvalue weighted by Gasteiger charge is -2.13. The molecule has 0 bridgehead atoms. The average Bonchev–Trinajstić information content (AvgIpc) is 2.78. The summed E-state index contributed by atoms with van der Waals surface area (Å²) in [7, 11) is -3.90. The molecule has 32 heavy (non-hydrogen) atoms. The zero-order valence-electron chi connectivity index (χ0n) is 17.8. The van der Waals surface area contributed by atoms with E-state index in [1.807, 2.05) is 31.2 Å². The summed E-state index contributed by atoms with van der Waals surface area (Å²) in [6.45, 7) is 7.65. The summed E-state index contributed by atoms with van der Waals surface area (Å²) in [6, 6.07) is 16.2. The molecule has 0 aliphatic rings. The van der Waals surface area contributed by atoms with E-state index in [9.17, 15) is 8.42 Å². The molecular weight excluding hydrogens is 418 g/mol. The number of anilines is 1. The maximum Gasteiger partial charge on any atom is 0.264 e. The highest BCUT2D eigenvalue weighted by molar-refractivity contribution is 7.93. The highest BCUT2D eigenvalue weighted by atomic mass is 32.2. The number of aryl methyl sites for hydroxylation is 1. The molecule has 158 valence electrons. The lowest BCUT2D eigenvalue weighted by atomic mass is 10.0. The number of aromatic nitrogens is 2. The van der Waals surface area contributed by atoms with Gasteiger partial charge in [-0.2, -0.15) is 0 Å². The SMILES string of the molecule is C=C(C)c1ccncc1C#Cc1ccccc1NS(=O)(=O)c1c(C)ccc2cccnc12. The lowest BCUT2D eigenvalue weighted by Crippen LogP contribution is -2.16. The lowest BCUT2D eigenvalue weighted by molar-refractivity contribution is 0.601. The van der Waals surface area contributed by atoms with E-state index in [2.05, 4.69) is 33.1 Å². The van der Waals surface area contributed by atoms with Crippen LogP contribution in [-0.2, 0) is 10.0 Å². The largest absolute Gasteiger partial charge is 0.278 e. The topological polar surface area (TPSA) is 72.0 Å². The van der Waals surface area contributed by atoms with Crippen molar-refractivity contribution >= 4 is 32.2 Å². The van der Waals surface area contributed by atoms with Crippen molar-refractivity contribution in [1.82, 2.24) is 9.97 Å². The van der Waals surface area contributed by atoms with Gasteiger partial charge in [0.25, 0.3) is 10.0 Å². The van der Waals surface area contributed by atoms with Gasteiger partial charge >= 0.3 is 0 Å². The van der Waals surface area contributed by atoms with E-state index in [4.69, 9.17) is 0 Å². The molecule has 4 rings (SSSR count). The smallest absolute Gasteiger partial charge is 0.264 e. The predicted octanol–water partition coefficient (Wildman–Crippen LogP) is 5.17. The van der Waals surface area contributed by atoms with E-state index in [1.54, 1.807) is 55.8 Å². The van der Waals surface area contributed by atoms with Crippen LogP contribution >= 0.6 is 0 Å². The van der Waals surface area contributed by atoms with Gasteiger partial charge in [0.2, 0.25) is 0 Å². The number of nitrogens with zero attached hydrogens (tertiary/aromatic N) is 2. The third-order valence-corrected chi connectivity index (χ3v) is 6.52. The number of benzene rings is 2. The third kappa shape index (κ3) is 4.25. The minimum absolute atomic E-state index is 0.162. The first-order valence-corrected chi connectivity index (χ1v) is 11.4. The van der Waals surface area contributed by atoms with Gasteiger partial charge in [0.1, 0.15) is 4.90 Å². The van der Waals surface area contributed by atoms with Gasteiger partial charge in [-0.15, -0.1) is 0 Å². The molecule has 0 unspecified atom stereocenters. The quantitative estimate of drug-likeness (QED) is 0.445. The minimum Gasteiger partial charge on any atom is -0.278 e. The molecule has 0 atom stereocenters. The molecule has 0 aliphatic carbocycles. The fraction of sp³-hybridized carbons (Fsp3) is 0.0769. The van der Waals surface area contributed by atoms with Crippen LogP contribution in [0.1, 0.15) is 29.2 Å². The fourth-order valence-electron chi connectivity index (χ4n) is 3.44. The number of nitrogens with one attached hydrogen (secondary N) is 1. The Labute approximate surface area is 187 Å². The van der Waals surface area contributed by atoms with E-state index < -0.39 is 10.0 Å². The van der Waals surface area contributed by atoms with Crippen molar-refractivity contribution in [3.8, 4) is 11.8 Å². The van der Waals surface area contributed by atoms with E-state index in [0.29, 0.717) is 22.3 Å². The first kappa shape index (κ1) is 21.3. The Balaban J connectivity index is 1.76. The summed E-state index contributed by atoms with van der Waals surface area (Å²) < 4.78 is 29.5. The van der Waals surface area contributed by atoms with Crippen LogP contribution in [0.4, 0.5) is 5.69 Å². The summed E-state index contributed by atoms with van der Waals surface area (Å²) >= 11 is 0. The molecule has 2 aromatic heterocycles. The van der Waals surface area contributed by atoms with Crippen molar-refractivity contribution in [3.05, 3.63) is 102 Å². The highest BCUT2D eigenvalue weighted by Gasteiger charge is 2.22. The first-order chi connectivity index (χ1) is 15.4.